The van der Waals surface area contributed by atoms with Gasteiger partial charge in [0.15, 0.2) is 18.2 Å². The molecule has 0 amide bonds. The highest BCUT2D eigenvalue weighted by atomic mass is 31.1. The van der Waals surface area contributed by atoms with Gasteiger partial charge >= 0.3 is 14.1 Å². The van der Waals surface area contributed by atoms with Gasteiger partial charge in [0, 0.05) is 6.20 Å². The van der Waals surface area contributed by atoms with E-state index in [1.165, 1.54) is 12.3 Å². The predicted molar refractivity (Wildman–Crippen MR) is 63.7 cm³/mol. The second-order valence-electron chi connectivity index (χ2n) is 4.01. The number of ether oxygens (including phenoxy) is 1. The second kappa shape index (κ2) is 5.72. The highest BCUT2D eigenvalue weighted by Crippen LogP contribution is 2.29. The van der Waals surface area contributed by atoms with Crippen molar-refractivity contribution in [1.29, 1.82) is 0 Å². The van der Waals surface area contributed by atoms with Crippen LogP contribution in [0.2, 0.25) is 0 Å². The lowest BCUT2D eigenvalue weighted by atomic mass is 10.1. The molecule has 0 spiro atoms. The Morgan fingerprint density at radius 3 is 2.79 bits per heavy atom. The fraction of sp³-hybridized carbons (Fsp3) is 0.556. The van der Waals surface area contributed by atoms with Crippen molar-refractivity contribution in [2.45, 2.75) is 24.5 Å². The van der Waals surface area contributed by atoms with Gasteiger partial charge in [0.2, 0.25) is 0 Å². The Kier molecular flexibility index (Phi) is 4.23. The van der Waals surface area contributed by atoms with Crippen molar-refractivity contribution in [3.63, 3.8) is 0 Å². The summed E-state index contributed by atoms with van der Waals surface area (Å²) in [5, 5.41) is 28.2. The van der Waals surface area contributed by atoms with E-state index in [9.17, 15) is 19.6 Å². The van der Waals surface area contributed by atoms with Crippen molar-refractivity contribution in [1.82, 2.24) is 9.55 Å². The second-order valence-corrected chi connectivity index (χ2v) is 4.71. The number of aliphatic hydroxyl groups excluding tert-OH is 2. The molecular formula is C9H13N3O6P+. The van der Waals surface area contributed by atoms with Gasteiger partial charge in [0.1, 0.15) is 18.3 Å². The van der Waals surface area contributed by atoms with Crippen LogP contribution in [0.4, 0.5) is 5.82 Å². The van der Waals surface area contributed by atoms with Gasteiger partial charge in [-0.25, -0.2) is 4.79 Å². The average Bonchev–Trinajstić information content (AvgIpc) is 2.67. The van der Waals surface area contributed by atoms with Crippen LogP contribution in [-0.4, -0.2) is 49.4 Å². The van der Waals surface area contributed by atoms with E-state index in [1.54, 1.807) is 5.48 Å². The molecule has 5 atom stereocenters. The quantitative estimate of drug-likeness (QED) is 0.396. The Morgan fingerprint density at radius 1 is 1.47 bits per heavy atom. The Hall–Kier alpha value is -1.38. The summed E-state index contributed by atoms with van der Waals surface area (Å²) in [7, 11) is -0.682. The number of nitrogens with zero attached hydrogens (tertiary/aromatic N) is 2. The molecule has 1 aliphatic rings. The molecule has 19 heavy (non-hydrogen) atoms. The summed E-state index contributed by atoms with van der Waals surface area (Å²) in [5.41, 5.74) is 0.954. The Labute approximate surface area is 108 Å². The highest BCUT2D eigenvalue weighted by molar-refractivity contribution is 7.23. The fourth-order valence-corrected chi connectivity index (χ4v) is 2.38. The number of hydrogen-bond acceptors (Lipinski definition) is 8. The van der Waals surface area contributed by atoms with Gasteiger partial charge in [0.05, 0.1) is 0 Å². The molecule has 104 valence electrons. The van der Waals surface area contributed by atoms with Crippen LogP contribution in [0.5, 0.6) is 0 Å². The van der Waals surface area contributed by atoms with E-state index in [4.69, 9.17) is 9.94 Å². The van der Waals surface area contributed by atoms with Crippen molar-refractivity contribution >= 4 is 14.3 Å². The van der Waals surface area contributed by atoms with E-state index in [0.717, 1.165) is 4.57 Å². The maximum atomic E-state index is 11.7. The van der Waals surface area contributed by atoms with Gasteiger partial charge in [-0.05, 0) is 6.07 Å². The van der Waals surface area contributed by atoms with E-state index >= 15 is 0 Å². The zero-order chi connectivity index (χ0) is 14.0. The molecule has 3 unspecified atom stereocenters. The molecule has 1 fully saturated rings. The van der Waals surface area contributed by atoms with E-state index in [-0.39, 0.29) is 12.0 Å². The van der Waals surface area contributed by atoms with E-state index < -0.39 is 38.7 Å². The maximum Gasteiger partial charge on any atom is 0.351 e. The lowest BCUT2D eigenvalue weighted by molar-refractivity contribution is -0.0341. The molecular weight excluding hydrogens is 277 g/mol. The van der Waals surface area contributed by atoms with Gasteiger partial charge in [-0.15, -0.1) is 0 Å². The number of anilines is 1. The van der Waals surface area contributed by atoms with Crippen LogP contribution in [0, 0.1) is 0 Å². The van der Waals surface area contributed by atoms with Crippen LogP contribution in [0.3, 0.4) is 0 Å². The summed E-state index contributed by atoms with van der Waals surface area (Å²) in [5.74, 6) is -0.0492. The van der Waals surface area contributed by atoms with Gasteiger partial charge < -0.3 is 14.9 Å². The minimum Gasteiger partial charge on any atom is -0.387 e. The molecule has 0 aliphatic carbocycles. The van der Waals surface area contributed by atoms with Crippen LogP contribution in [-0.2, 0) is 9.30 Å². The minimum atomic E-state index is -1.33. The molecule has 10 heteroatoms. The number of aliphatic hydroxyl groups is 2. The molecule has 1 aromatic heterocycles. The molecule has 1 aromatic rings. The van der Waals surface area contributed by atoms with Gasteiger partial charge in [-0.3, -0.25) is 15.3 Å². The SMILES string of the molecule is O=[PH+]C[C@@H]1O[C@H](n2ccc(NO)nc2=O)C(O)C1O. The Balaban J connectivity index is 2.27. The number of hydrogen-bond donors (Lipinski definition) is 4. The topological polar surface area (TPSA) is 134 Å². The van der Waals surface area contributed by atoms with Crippen molar-refractivity contribution in [3.05, 3.63) is 22.7 Å². The zero-order valence-electron chi connectivity index (χ0n) is 9.63. The predicted octanol–water partition coefficient (Wildman–Crippen LogP) is -1.31. The summed E-state index contributed by atoms with van der Waals surface area (Å²) in [6.07, 6.45) is -3.14. The summed E-state index contributed by atoms with van der Waals surface area (Å²) < 4.78 is 16.9. The standard InChI is InChI=1S/C9H12N3O6P/c13-6-4(3-19-17)18-8(7(6)14)12-2-1-5(11-16)10-9(12)15/h1-2,4,6-8,13-14,16H,3H2,(H,10,11,15)/p+1/t4-,6?,7?,8-/m0/s1. The average molecular weight is 290 g/mol. The Bertz CT molecular complexity index is 523. The highest BCUT2D eigenvalue weighted by Gasteiger charge is 2.45. The monoisotopic (exact) mass is 290 g/mol. The van der Waals surface area contributed by atoms with Crippen molar-refractivity contribution in [2.24, 2.45) is 0 Å². The molecule has 4 N–H and O–H groups in total. The Morgan fingerprint density at radius 2 is 2.21 bits per heavy atom. The van der Waals surface area contributed by atoms with Crippen LogP contribution < -0.4 is 11.2 Å². The third kappa shape index (κ3) is 2.65. The molecule has 0 bridgehead atoms. The van der Waals surface area contributed by atoms with Gasteiger partial charge in [-0.1, -0.05) is 4.57 Å². The maximum absolute atomic E-state index is 11.7. The van der Waals surface area contributed by atoms with E-state index in [0.29, 0.717) is 0 Å². The van der Waals surface area contributed by atoms with Crippen LogP contribution >= 0.6 is 8.46 Å². The largest absolute Gasteiger partial charge is 0.387 e. The molecule has 1 aliphatic heterocycles. The van der Waals surface area contributed by atoms with E-state index in [1.807, 2.05) is 0 Å². The fourth-order valence-electron chi connectivity index (χ4n) is 1.88. The van der Waals surface area contributed by atoms with Crippen LogP contribution in [0.25, 0.3) is 0 Å². The minimum absolute atomic E-state index is 0.0492. The van der Waals surface area contributed by atoms with Crippen molar-refractivity contribution in [3.8, 4) is 0 Å². The van der Waals surface area contributed by atoms with Gasteiger partial charge in [0.25, 0.3) is 0 Å². The summed E-state index contributed by atoms with van der Waals surface area (Å²) >= 11 is 0. The third-order valence-electron chi connectivity index (χ3n) is 2.84. The first-order valence-corrected chi connectivity index (χ1v) is 6.56. The van der Waals surface area contributed by atoms with Crippen molar-refractivity contribution < 1.29 is 24.7 Å². The lowest BCUT2D eigenvalue weighted by Gasteiger charge is -2.16. The zero-order valence-corrected chi connectivity index (χ0v) is 10.6. The van der Waals surface area contributed by atoms with Crippen molar-refractivity contribution in [2.75, 3.05) is 11.6 Å². The first-order chi connectivity index (χ1) is 9.08. The normalized spacial score (nSPS) is 30.7. The first kappa shape index (κ1) is 14.0. The molecule has 1 saturated heterocycles. The number of rotatable bonds is 4. The van der Waals surface area contributed by atoms with E-state index in [2.05, 4.69) is 4.98 Å². The summed E-state index contributed by atoms with van der Waals surface area (Å²) in [4.78, 5) is 15.2. The molecule has 0 radical (unpaired) electrons. The molecule has 2 rings (SSSR count). The summed E-state index contributed by atoms with van der Waals surface area (Å²) in [6, 6.07) is 1.30. The molecule has 2 heterocycles. The number of aromatic nitrogens is 2. The molecule has 0 saturated carbocycles. The molecule has 0 aromatic carbocycles. The first-order valence-electron chi connectivity index (χ1n) is 5.44. The third-order valence-corrected chi connectivity index (χ3v) is 3.41. The van der Waals surface area contributed by atoms with Crippen LogP contribution in [0.1, 0.15) is 6.23 Å². The van der Waals surface area contributed by atoms with Gasteiger partial charge in [-0.2, -0.15) is 4.98 Å². The summed E-state index contributed by atoms with van der Waals surface area (Å²) in [6.45, 7) is 0. The molecule has 9 nitrogen and oxygen atoms in total. The van der Waals surface area contributed by atoms with Crippen LogP contribution in [0.15, 0.2) is 17.1 Å². The lowest BCUT2D eigenvalue weighted by Crippen LogP contribution is -2.35. The smallest absolute Gasteiger partial charge is 0.351 e. The number of nitrogens with one attached hydrogen (secondary N) is 1.